The highest BCUT2D eigenvalue weighted by atomic mass is 16.5. The Kier molecular flexibility index (Phi) is 5.29. The van der Waals surface area contributed by atoms with Crippen LogP contribution in [-0.4, -0.2) is 30.0 Å². The number of pyridine rings is 1. The van der Waals surface area contributed by atoms with Gasteiger partial charge in [-0.1, -0.05) is 0 Å². The number of nitrogens with zero attached hydrogens (tertiary/aromatic N) is 1. The molecule has 0 bridgehead atoms. The molecule has 0 radical (unpaired) electrons. The van der Waals surface area contributed by atoms with Crippen LogP contribution in [0.3, 0.4) is 0 Å². The van der Waals surface area contributed by atoms with Crippen molar-refractivity contribution in [2.24, 2.45) is 0 Å². The van der Waals surface area contributed by atoms with Gasteiger partial charge in [-0.15, -0.1) is 0 Å². The van der Waals surface area contributed by atoms with E-state index in [-0.39, 0.29) is 5.91 Å². The molecule has 0 aliphatic carbocycles. The summed E-state index contributed by atoms with van der Waals surface area (Å²) >= 11 is 0. The summed E-state index contributed by atoms with van der Waals surface area (Å²) in [5.41, 5.74) is 7.46. The molecule has 0 aliphatic heterocycles. The summed E-state index contributed by atoms with van der Waals surface area (Å²) in [6, 6.07) is 3.01. The van der Waals surface area contributed by atoms with Gasteiger partial charge in [-0.25, -0.2) is 9.78 Å². The Hall–Kier alpha value is -2.11. The van der Waals surface area contributed by atoms with E-state index in [1.165, 1.54) is 14.0 Å². The molecule has 6 nitrogen and oxygen atoms in total. The van der Waals surface area contributed by atoms with E-state index in [9.17, 15) is 9.59 Å². The predicted molar refractivity (Wildman–Crippen MR) is 71.3 cm³/mol. The van der Waals surface area contributed by atoms with Gasteiger partial charge in [0.1, 0.15) is 11.9 Å². The summed E-state index contributed by atoms with van der Waals surface area (Å²) in [6.07, 6.45) is 0.952. The number of anilines is 1. The fourth-order valence-electron chi connectivity index (χ4n) is 1.82. The van der Waals surface area contributed by atoms with Crippen LogP contribution in [0.25, 0.3) is 0 Å². The van der Waals surface area contributed by atoms with E-state index in [1.54, 1.807) is 6.07 Å². The third kappa shape index (κ3) is 4.95. The lowest BCUT2D eigenvalue weighted by atomic mass is 10.1. The van der Waals surface area contributed by atoms with Crippen LogP contribution in [-0.2, 0) is 20.7 Å². The molecule has 0 aliphatic rings. The minimum absolute atomic E-state index is 0.271. The van der Waals surface area contributed by atoms with Crippen molar-refractivity contribution in [3.8, 4) is 0 Å². The number of rotatable bonds is 5. The van der Waals surface area contributed by atoms with E-state index in [0.717, 1.165) is 11.3 Å². The molecule has 1 heterocycles. The van der Waals surface area contributed by atoms with Gasteiger partial charge in [-0.05, 0) is 37.5 Å². The number of hydrogen-bond acceptors (Lipinski definition) is 5. The molecule has 104 valence electrons. The Balaban J connectivity index is 2.69. The number of esters is 1. The molecule has 1 unspecified atom stereocenters. The average molecular weight is 265 g/mol. The van der Waals surface area contributed by atoms with Gasteiger partial charge >= 0.3 is 5.97 Å². The standard InChI is InChI=1S/C13H19N3O3/c1-8-6-10(16-12(14)7-8)4-5-11(13(18)19-3)15-9(2)17/h6-7,11H,4-5H2,1-3H3,(H2,14,16)(H,15,17). The molecule has 1 aromatic rings. The Morgan fingerprint density at radius 3 is 2.68 bits per heavy atom. The number of methoxy groups -OCH3 is 1. The molecular weight excluding hydrogens is 246 g/mol. The van der Waals surface area contributed by atoms with Gasteiger partial charge in [0.25, 0.3) is 0 Å². The van der Waals surface area contributed by atoms with Crippen LogP contribution < -0.4 is 11.1 Å². The first kappa shape index (κ1) is 14.9. The maximum Gasteiger partial charge on any atom is 0.328 e. The fourth-order valence-corrected chi connectivity index (χ4v) is 1.82. The summed E-state index contributed by atoms with van der Waals surface area (Å²) in [5, 5.41) is 2.56. The van der Waals surface area contributed by atoms with Crippen molar-refractivity contribution in [2.75, 3.05) is 12.8 Å². The second-order valence-corrected chi connectivity index (χ2v) is 4.38. The second-order valence-electron chi connectivity index (χ2n) is 4.38. The van der Waals surface area contributed by atoms with Crippen LogP contribution >= 0.6 is 0 Å². The van der Waals surface area contributed by atoms with Gasteiger partial charge in [0.15, 0.2) is 0 Å². The highest BCUT2D eigenvalue weighted by molar-refractivity contribution is 5.83. The number of amides is 1. The number of nitrogens with one attached hydrogen (secondary N) is 1. The topological polar surface area (TPSA) is 94.3 Å². The zero-order chi connectivity index (χ0) is 14.4. The average Bonchev–Trinajstić information content (AvgIpc) is 2.31. The Morgan fingerprint density at radius 1 is 1.47 bits per heavy atom. The number of aryl methyl sites for hydroxylation is 2. The third-order valence-electron chi connectivity index (χ3n) is 2.59. The summed E-state index contributed by atoms with van der Waals surface area (Å²) in [6.45, 7) is 3.28. The molecule has 1 atom stereocenters. The van der Waals surface area contributed by atoms with Crippen molar-refractivity contribution in [1.82, 2.24) is 10.3 Å². The van der Waals surface area contributed by atoms with E-state index >= 15 is 0 Å². The minimum atomic E-state index is -0.661. The minimum Gasteiger partial charge on any atom is -0.467 e. The highest BCUT2D eigenvalue weighted by Gasteiger charge is 2.20. The van der Waals surface area contributed by atoms with Gasteiger partial charge < -0.3 is 15.8 Å². The van der Waals surface area contributed by atoms with Crippen molar-refractivity contribution >= 4 is 17.7 Å². The fraction of sp³-hybridized carbons (Fsp3) is 0.462. The molecule has 1 aromatic heterocycles. The van der Waals surface area contributed by atoms with Crippen LogP contribution in [0.4, 0.5) is 5.82 Å². The van der Waals surface area contributed by atoms with E-state index in [2.05, 4.69) is 15.0 Å². The molecule has 1 rings (SSSR count). The van der Waals surface area contributed by atoms with Crippen molar-refractivity contribution in [3.05, 3.63) is 23.4 Å². The monoisotopic (exact) mass is 265 g/mol. The molecule has 0 spiro atoms. The molecule has 3 N–H and O–H groups in total. The number of nitrogens with two attached hydrogens (primary N) is 1. The van der Waals surface area contributed by atoms with E-state index < -0.39 is 12.0 Å². The molecule has 0 saturated carbocycles. The lowest BCUT2D eigenvalue weighted by molar-refractivity contribution is -0.145. The third-order valence-corrected chi connectivity index (χ3v) is 2.59. The largest absolute Gasteiger partial charge is 0.467 e. The van der Waals surface area contributed by atoms with Gasteiger partial charge in [0.2, 0.25) is 5.91 Å². The first-order chi connectivity index (χ1) is 8.92. The lowest BCUT2D eigenvalue weighted by Crippen LogP contribution is -2.40. The van der Waals surface area contributed by atoms with Crippen LogP contribution in [0, 0.1) is 6.92 Å². The maximum absolute atomic E-state index is 11.5. The zero-order valence-electron chi connectivity index (χ0n) is 11.4. The zero-order valence-corrected chi connectivity index (χ0v) is 11.4. The number of aromatic nitrogens is 1. The molecule has 0 aromatic carbocycles. The van der Waals surface area contributed by atoms with E-state index in [4.69, 9.17) is 5.73 Å². The van der Waals surface area contributed by atoms with E-state index in [1.807, 2.05) is 13.0 Å². The van der Waals surface area contributed by atoms with Crippen LogP contribution in [0.2, 0.25) is 0 Å². The summed E-state index contributed by atoms with van der Waals surface area (Å²) in [7, 11) is 1.29. The van der Waals surface area contributed by atoms with Crippen molar-refractivity contribution < 1.29 is 14.3 Å². The summed E-state index contributed by atoms with van der Waals surface area (Å²) in [4.78, 5) is 26.7. The SMILES string of the molecule is COC(=O)C(CCc1cc(C)cc(N)n1)NC(C)=O. The van der Waals surface area contributed by atoms with Gasteiger partial charge in [0, 0.05) is 12.6 Å². The van der Waals surface area contributed by atoms with E-state index in [0.29, 0.717) is 18.7 Å². The normalized spacial score (nSPS) is 11.7. The van der Waals surface area contributed by atoms with Crippen LogP contribution in [0.5, 0.6) is 0 Å². The van der Waals surface area contributed by atoms with Crippen molar-refractivity contribution in [1.29, 1.82) is 0 Å². The van der Waals surface area contributed by atoms with Crippen LogP contribution in [0.1, 0.15) is 24.6 Å². The van der Waals surface area contributed by atoms with Gasteiger partial charge in [-0.2, -0.15) is 0 Å². The number of nitrogen functional groups attached to an aromatic ring is 1. The van der Waals surface area contributed by atoms with Gasteiger partial charge in [0.05, 0.1) is 7.11 Å². The first-order valence-electron chi connectivity index (χ1n) is 6.00. The molecule has 19 heavy (non-hydrogen) atoms. The first-order valence-corrected chi connectivity index (χ1v) is 6.00. The Bertz CT molecular complexity index is 454. The number of ether oxygens (including phenoxy) is 1. The summed E-state index contributed by atoms with van der Waals surface area (Å²) in [5.74, 6) is -0.285. The van der Waals surface area contributed by atoms with Crippen molar-refractivity contribution in [2.45, 2.75) is 32.7 Å². The predicted octanol–water partition coefficient (Wildman–Crippen LogP) is 0.583. The number of carbonyl (C=O) groups is 2. The quantitative estimate of drug-likeness (QED) is 0.759. The second kappa shape index (κ2) is 6.72. The Labute approximate surface area is 112 Å². The molecule has 0 saturated heterocycles. The number of hydrogen-bond donors (Lipinski definition) is 2. The van der Waals surface area contributed by atoms with Crippen LogP contribution in [0.15, 0.2) is 12.1 Å². The molecule has 6 heteroatoms. The number of carbonyl (C=O) groups excluding carboxylic acids is 2. The highest BCUT2D eigenvalue weighted by Crippen LogP contribution is 2.10. The molecule has 0 fully saturated rings. The Morgan fingerprint density at radius 2 is 2.16 bits per heavy atom. The smallest absolute Gasteiger partial charge is 0.328 e. The molecular formula is C13H19N3O3. The van der Waals surface area contributed by atoms with Gasteiger partial charge in [-0.3, -0.25) is 4.79 Å². The maximum atomic E-state index is 11.5. The summed E-state index contributed by atoms with van der Waals surface area (Å²) < 4.78 is 4.65. The molecule has 1 amide bonds. The van der Waals surface area contributed by atoms with Crippen molar-refractivity contribution in [3.63, 3.8) is 0 Å². The lowest BCUT2D eigenvalue weighted by Gasteiger charge is -2.15.